The van der Waals surface area contributed by atoms with E-state index in [4.69, 9.17) is 14.3 Å². The number of nitro groups is 1. The molecule has 0 unspecified atom stereocenters. The minimum Gasteiger partial charge on any atom is -0.493 e. The number of aryl methyl sites for hydroxylation is 1. The second-order valence-corrected chi connectivity index (χ2v) is 6.79. The van der Waals surface area contributed by atoms with Crippen molar-refractivity contribution in [1.29, 1.82) is 0 Å². The summed E-state index contributed by atoms with van der Waals surface area (Å²) in [6.07, 6.45) is -1.09. The van der Waals surface area contributed by atoms with Gasteiger partial charge in [0.1, 0.15) is 11.6 Å². The Morgan fingerprint density at radius 1 is 1.07 bits per heavy atom. The van der Waals surface area contributed by atoms with E-state index in [9.17, 15) is 19.7 Å². The van der Waals surface area contributed by atoms with E-state index >= 15 is 0 Å². The average Bonchev–Trinajstić information content (AvgIpc) is 3.28. The summed E-state index contributed by atoms with van der Waals surface area (Å²) in [6, 6.07) is 8.97. The number of anilines is 1. The normalized spacial score (nSPS) is 20.0. The number of fused-ring (bicyclic) bond motifs is 1. The molecule has 0 radical (unpaired) electrons. The van der Waals surface area contributed by atoms with Crippen LogP contribution in [0.4, 0.5) is 11.4 Å². The number of imide groups is 1. The molecule has 0 N–H and O–H groups in total. The molecule has 0 aromatic heterocycles. The molecule has 1 saturated heterocycles. The van der Waals surface area contributed by atoms with Crippen LogP contribution in [0.15, 0.2) is 41.6 Å². The van der Waals surface area contributed by atoms with Crippen LogP contribution in [0.25, 0.3) is 0 Å². The average molecular weight is 411 g/mol. The van der Waals surface area contributed by atoms with Gasteiger partial charge in [-0.25, -0.2) is 4.90 Å². The van der Waals surface area contributed by atoms with Gasteiger partial charge < -0.3 is 14.3 Å². The minimum absolute atomic E-state index is 0.126. The molecule has 2 aliphatic heterocycles. The molecule has 154 valence electrons. The highest BCUT2D eigenvalue weighted by atomic mass is 16.7. The van der Waals surface area contributed by atoms with Crippen molar-refractivity contribution in [3.63, 3.8) is 0 Å². The van der Waals surface area contributed by atoms with Crippen LogP contribution >= 0.6 is 0 Å². The molecule has 30 heavy (non-hydrogen) atoms. The van der Waals surface area contributed by atoms with Crippen LogP contribution < -0.4 is 14.4 Å². The molecule has 10 heteroatoms. The first-order valence-electron chi connectivity index (χ1n) is 8.96. The number of hydrogen-bond acceptors (Lipinski definition) is 8. The predicted molar refractivity (Wildman–Crippen MR) is 105 cm³/mol. The van der Waals surface area contributed by atoms with Gasteiger partial charge in [0.25, 0.3) is 11.6 Å². The molecule has 2 amide bonds. The molecule has 2 aliphatic rings. The summed E-state index contributed by atoms with van der Waals surface area (Å²) < 4.78 is 10.5. The van der Waals surface area contributed by atoms with Gasteiger partial charge in [-0.3, -0.25) is 19.7 Å². The topological polar surface area (TPSA) is 121 Å². The molecule has 10 nitrogen and oxygen atoms in total. The minimum atomic E-state index is -1.09. The third-order valence-electron chi connectivity index (χ3n) is 5.12. The molecule has 1 fully saturated rings. The molecule has 2 aromatic rings. The first kappa shape index (κ1) is 19.4. The summed E-state index contributed by atoms with van der Waals surface area (Å²) in [6.45, 7) is 1.60. The first-order valence-corrected chi connectivity index (χ1v) is 8.96. The number of carbonyl (C=O) groups is 2. The lowest BCUT2D eigenvalue weighted by atomic mass is 9.94. The third kappa shape index (κ3) is 2.84. The van der Waals surface area contributed by atoms with Gasteiger partial charge in [0.2, 0.25) is 12.0 Å². The molecule has 0 bridgehead atoms. The van der Waals surface area contributed by atoms with Gasteiger partial charge in [0.15, 0.2) is 11.5 Å². The van der Waals surface area contributed by atoms with Crippen LogP contribution in [0.3, 0.4) is 0 Å². The fourth-order valence-electron chi connectivity index (χ4n) is 3.65. The second-order valence-electron chi connectivity index (χ2n) is 6.79. The quantitative estimate of drug-likeness (QED) is 0.420. The maximum absolute atomic E-state index is 13.2. The summed E-state index contributed by atoms with van der Waals surface area (Å²) in [5, 5.41) is 14.9. The molecule has 0 aliphatic carbocycles. The Balaban J connectivity index is 1.69. The van der Waals surface area contributed by atoms with Crippen LogP contribution in [-0.2, 0) is 14.4 Å². The highest BCUT2D eigenvalue weighted by Gasteiger charge is 2.56. The summed E-state index contributed by atoms with van der Waals surface area (Å²) in [7, 11) is 2.99. The first-order chi connectivity index (χ1) is 14.4. The summed E-state index contributed by atoms with van der Waals surface area (Å²) in [5.41, 5.74) is 1.44. The number of methoxy groups -OCH3 is 2. The molecular formula is C20H17N3O7. The number of hydrogen-bond donors (Lipinski definition) is 0. The molecule has 4 rings (SSSR count). The van der Waals surface area contributed by atoms with Crippen molar-refractivity contribution in [3.05, 3.63) is 57.6 Å². The van der Waals surface area contributed by atoms with Crippen LogP contribution in [0.5, 0.6) is 11.5 Å². The van der Waals surface area contributed by atoms with E-state index in [1.165, 1.54) is 32.4 Å². The van der Waals surface area contributed by atoms with E-state index in [0.717, 1.165) is 4.90 Å². The molecule has 0 spiro atoms. The number of rotatable bonds is 5. The van der Waals surface area contributed by atoms with Gasteiger partial charge >= 0.3 is 0 Å². The largest absolute Gasteiger partial charge is 0.493 e. The second kappa shape index (κ2) is 7.14. The maximum Gasteiger partial charge on any atom is 0.278 e. The SMILES string of the molecule is COc1ccc(C2=NO[C@@H]3C(=O)N(c4ccc([N+](=O)[O-])cc4C)C(=O)[C@@H]23)cc1OC. The van der Waals surface area contributed by atoms with Gasteiger partial charge in [0.05, 0.1) is 24.8 Å². The van der Waals surface area contributed by atoms with Gasteiger partial charge in [-0.15, -0.1) is 0 Å². The van der Waals surface area contributed by atoms with Gasteiger partial charge in [-0.2, -0.15) is 0 Å². The molecule has 2 aromatic carbocycles. The van der Waals surface area contributed by atoms with E-state index in [-0.39, 0.29) is 11.4 Å². The number of oxime groups is 1. The predicted octanol–water partition coefficient (Wildman–Crippen LogP) is 2.21. The van der Waals surface area contributed by atoms with Crippen LogP contribution in [0.2, 0.25) is 0 Å². The molecule has 2 heterocycles. The van der Waals surface area contributed by atoms with Crippen LogP contribution in [0.1, 0.15) is 11.1 Å². The number of carbonyl (C=O) groups excluding carboxylic acids is 2. The standard InChI is InChI=1S/C20H17N3O7/c1-10-8-12(23(26)27)5-6-13(10)22-19(24)16-17(21-30-18(16)20(22)25)11-4-7-14(28-2)15(9-11)29-3/h4-9,16,18H,1-3H3/t16-,18-/m0/s1. The highest BCUT2D eigenvalue weighted by Crippen LogP contribution is 2.38. The number of amides is 2. The van der Waals surface area contributed by atoms with Crippen molar-refractivity contribution < 1.29 is 28.8 Å². The Morgan fingerprint density at radius 2 is 1.80 bits per heavy atom. The number of non-ortho nitro benzene ring substituents is 1. The zero-order valence-corrected chi connectivity index (χ0v) is 16.3. The Kier molecular flexibility index (Phi) is 4.61. The highest BCUT2D eigenvalue weighted by molar-refractivity contribution is 6.32. The van der Waals surface area contributed by atoms with Crippen LogP contribution in [0, 0.1) is 23.0 Å². The fraction of sp³-hybridized carbons (Fsp3) is 0.250. The van der Waals surface area contributed by atoms with E-state index in [1.54, 1.807) is 25.1 Å². The zero-order chi connectivity index (χ0) is 21.6. The van der Waals surface area contributed by atoms with Crippen molar-refractivity contribution in [2.24, 2.45) is 11.1 Å². The Bertz CT molecular complexity index is 1110. The lowest BCUT2D eigenvalue weighted by Gasteiger charge is -2.17. The maximum atomic E-state index is 13.2. The van der Waals surface area contributed by atoms with E-state index < -0.39 is 28.8 Å². The van der Waals surface area contributed by atoms with Crippen molar-refractivity contribution in [2.75, 3.05) is 19.1 Å². The van der Waals surface area contributed by atoms with Crippen molar-refractivity contribution in [1.82, 2.24) is 0 Å². The fourth-order valence-corrected chi connectivity index (χ4v) is 3.65. The number of nitro benzene ring substituents is 1. The molecule has 0 saturated carbocycles. The van der Waals surface area contributed by atoms with Gasteiger partial charge in [0, 0.05) is 17.7 Å². The van der Waals surface area contributed by atoms with Gasteiger partial charge in [-0.1, -0.05) is 5.16 Å². The Hall–Kier alpha value is -3.95. The number of benzene rings is 2. The molecular weight excluding hydrogens is 394 g/mol. The van der Waals surface area contributed by atoms with E-state index in [0.29, 0.717) is 28.3 Å². The van der Waals surface area contributed by atoms with E-state index in [1.807, 2.05) is 0 Å². The summed E-state index contributed by atoms with van der Waals surface area (Å²) in [5.74, 6) is -1.05. The lowest BCUT2D eigenvalue weighted by Crippen LogP contribution is -2.33. The van der Waals surface area contributed by atoms with E-state index in [2.05, 4.69) is 5.16 Å². The Labute approximate surface area is 170 Å². The summed E-state index contributed by atoms with van der Waals surface area (Å²) >= 11 is 0. The van der Waals surface area contributed by atoms with Crippen molar-refractivity contribution >= 4 is 28.9 Å². The van der Waals surface area contributed by atoms with Crippen molar-refractivity contribution in [3.8, 4) is 11.5 Å². The lowest BCUT2D eigenvalue weighted by molar-refractivity contribution is -0.384. The smallest absolute Gasteiger partial charge is 0.278 e. The number of nitrogens with zero attached hydrogens (tertiary/aromatic N) is 3. The van der Waals surface area contributed by atoms with Crippen molar-refractivity contribution in [2.45, 2.75) is 13.0 Å². The van der Waals surface area contributed by atoms with Gasteiger partial charge in [-0.05, 0) is 36.8 Å². The zero-order valence-electron chi connectivity index (χ0n) is 16.3. The third-order valence-corrected chi connectivity index (χ3v) is 5.12. The Morgan fingerprint density at radius 3 is 2.43 bits per heavy atom. The molecule has 2 atom stereocenters. The summed E-state index contributed by atoms with van der Waals surface area (Å²) in [4.78, 5) is 42.8. The van der Waals surface area contributed by atoms with Crippen LogP contribution in [-0.4, -0.2) is 42.8 Å². The monoisotopic (exact) mass is 411 g/mol. The number of ether oxygens (including phenoxy) is 2.